The monoisotopic (exact) mass is 168 g/mol. The summed E-state index contributed by atoms with van der Waals surface area (Å²) in [7, 11) is 0. The summed E-state index contributed by atoms with van der Waals surface area (Å²) in [6.07, 6.45) is 2.19. The average molecular weight is 168 g/mol. The third-order valence-electron chi connectivity index (χ3n) is 2.48. The normalized spacial score (nSPS) is 10.5. The molecule has 0 aliphatic heterocycles. The van der Waals surface area contributed by atoms with Crippen LogP contribution in [0.5, 0.6) is 0 Å². The van der Waals surface area contributed by atoms with Gasteiger partial charge in [0.15, 0.2) is 0 Å². The molecule has 0 aliphatic rings. The molecular weight excluding hydrogens is 151 g/mol. The Morgan fingerprint density at radius 1 is 1.27 bits per heavy atom. The fourth-order valence-corrected chi connectivity index (χ4v) is 1.20. The van der Waals surface area contributed by atoms with Gasteiger partial charge in [0, 0.05) is 0 Å². The van der Waals surface area contributed by atoms with E-state index in [9.17, 15) is 4.79 Å². The molecule has 0 saturated heterocycles. The van der Waals surface area contributed by atoms with Crippen LogP contribution < -0.4 is 29.6 Å². The van der Waals surface area contributed by atoms with Crippen LogP contribution in [-0.4, -0.2) is 11.1 Å². The predicted octanol–water partition coefficient (Wildman–Crippen LogP) is -0.596. The van der Waals surface area contributed by atoms with Gasteiger partial charge in [-0.3, -0.25) is 4.79 Å². The first-order valence-corrected chi connectivity index (χ1v) is 3.86. The van der Waals surface area contributed by atoms with Crippen molar-refractivity contribution in [2.45, 2.75) is 40.0 Å². The van der Waals surface area contributed by atoms with Crippen LogP contribution in [0.3, 0.4) is 0 Å². The molecule has 0 fully saturated rings. The molecular formula is C8H17NaO2. The summed E-state index contributed by atoms with van der Waals surface area (Å²) in [5.41, 5.74) is -0.458. The van der Waals surface area contributed by atoms with E-state index in [1.165, 1.54) is 0 Å². The summed E-state index contributed by atoms with van der Waals surface area (Å²) in [5, 5.41) is 8.82. The minimum absolute atomic E-state index is 0. The van der Waals surface area contributed by atoms with E-state index in [0.29, 0.717) is 0 Å². The Morgan fingerprint density at radius 3 is 1.55 bits per heavy atom. The fourth-order valence-electron chi connectivity index (χ4n) is 1.20. The number of carboxylic acid groups (broad SMARTS) is 1. The number of hydrogen-bond donors (Lipinski definition) is 1. The van der Waals surface area contributed by atoms with E-state index in [1.807, 2.05) is 20.8 Å². The van der Waals surface area contributed by atoms with Gasteiger partial charge >= 0.3 is 35.5 Å². The predicted molar refractivity (Wildman–Crippen MR) is 42.1 cm³/mol. The summed E-state index contributed by atoms with van der Waals surface area (Å²) >= 11 is 0. The summed E-state index contributed by atoms with van der Waals surface area (Å²) in [6, 6.07) is 0. The van der Waals surface area contributed by atoms with Crippen molar-refractivity contribution in [3.8, 4) is 0 Å². The molecule has 0 aromatic rings. The van der Waals surface area contributed by atoms with Crippen molar-refractivity contribution in [1.29, 1.82) is 0 Å². The molecule has 1 N–H and O–H groups in total. The molecule has 0 atom stereocenters. The second-order valence-electron chi connectivity index (χ2n) is 2.65. The maximum atomic E-state index is 10.7. The molecule has 0 aromatic carbocycles. The van der Waals surface area contributed by atoms with Crippen LogP contribution >= 0.6 is 0 Å². The molecule has 0 rings (SSSR count). The first-order chi connectivity index (χ1) is 4.63. The first kappa shape index (κ1) is 14.0. The maximum absolute atomic E-state index is 10.7. The van der Waals surface area contributed by atoms with Gasteiger partial charge in [0.25, 0.3) is 0 Å². The van der Waals surface area contributed by atoms with Crippen molar-refractivity contribution < 1.29 is 40.9 Å². The van der Waals surface area contributed by atoms with E-state index in [0.717, 1.165) is 19.3 Å². The van der Waals surface area contributed by atoms with E-state index in [-0.39, 0.29) is 31.0 Å². The van der Waals surface area contributed by atoms with E-state index in [1.54, 1.807) is 0 Å². The summed E-state index contributed by atoms with van der Waals surface area (Å²) in [4.78, 5) is 10.7. The van der Waals surface area contributed by atoms with Gasteiger partial charge in [0.2, 0.25) is 0 Å². The molecule has 0 aliphatic carbocycles. The van der Waals surface area contributed by atoms with Crippen molar-refractivity contribution in [3.63, 3.8) is 0 Å². The van der Waals surface area contributed by atoms with Crippen LogP contribution in [-0.2, 0) is 4.79 Å². The molecule has 3 heteroatoms. The minimum atomic E-state index is -0.653. The Labute approximate surface area is 92.1 Å². The largest absolute Gasteiger partial charge is 1.00 e. The van der Waals surface area contributed by atoms with Crippen molar-refractivity contribution in [2.24, 2.45) is 5.41 Å². The van der Waals surface area contributed by atoms with Crippen LogP contribution in [0.4, 0.5) is 0 Å². The van der Waals surface area contributed by atoms with E-state index >= 15 is 0 Å². The second-order valence-corrected chi connectivity index (χ2v) is 2.65. The van der Waals surface area contributed by atoms with Crippen LogP contribution in [0.25, 0.3) is 0 Å². The first-order valence-electron chi connectivity index (χ1n) is 3.86. The number of rotatable bonds is 4. The molecule has 0 heterocycles. The minimum Gasteiger partial charge on any atom is -1.00 e. The zero-order chi connectivity index (χ0) is 8.20. The molecule has 0 spiro atoms. The van der Waals surface area contributed by atoms with Gasteiger partial charge in [-0.05, 0) is 19.3 Å². The Kier molecular flexibility index (Phi) is 7.70. The molecule has 0 radical (unpaired) electrons. The van der Waals surface area contributed by atoms with Crippen LogP contribution in [0.15, 0.2) is 0 Å². The van der Waals surface area contributed by atoms with Crippen molar-refractivity contribution in [3.05, 3.63) is 0 Å². The Hall–Kier alpha value is 0.470. The van der Waals surface area contributed by atoms with Crippen molar-refractivity contribution in [1.82, 2.24) is 0 Å². The van der Waals surface area contributed by atoms with Gasteiger partial charge in [-0.2, -0.15) is 0 Å². The topological polar surface area (TPSA) is 37.3 Å². The third kappa shape index (κ3) is 3.14. The zero-order valence-electron chi connectivity index (χ0n) is 8.98. The molecule has 0 aromatic heterocycles. The van der Waals surface area contributed by atoms with Crippen LogP contribution in [0.1, 0.15) is 41.5 Å². The molecule has 0 unspecified atom stereocenters. The summed E-state index contributed by atoms with van der Waals surface area (Å²) in [6.45, 7) is 5.80. The summed E-state index contributed by atoms with van der Waals surface area (Å²) < 4.78 is 0. The number of hydrogen-bond acceptors (Lipinski definition) is 1. The molecule has 0 amide bonds. The quantitative estimate of drug-likeness (QED) is 0.569. The number of carbonyl (C=O) groups is 1. The standard InChI is InChI=1S/C8H16O2.Na.H/c1-4-8(5-2,6-3)7(9)10;;/h4-6H2,1-3H3,(H,9,10);;/q;+1;-1. The fraction of sp³-hybridized carbons (Fsp3) is 0.875. The number of aliphatic carboxylic acids is 1. The maximum Gasteiger partial charge on any atom is 1.00 e. The Bertz CT molecular complexity index is 116. The molecule has 62 valence electrons. The van der Waals surface area contributed by atoms with Gasteiger partial charge in [0.05, 0.1) is 5.41 Å². The zero-order valence-corrected chi connectivity index (χ0v) is 9.98. The molecule has 11 heavy (non-hydrogen) atoms. The average Bonchev–Trinajstić information content (AvgIpc) is 1.92. The molecule has 0 bridgehead atoms. The molecule has 2 nitrogen and oxygen atoms in total. The van der Waals surface area contributed by atoms with Crippen LogP contribution in [0.2, 0.25) is 0 Å². The van der Waals surface area contributed by atoms with Gasteiger partial charge in [-0.25, -0.2) is 0 Å². The SMILES string of the molecule is CCC(CC)(CC)C(=O)O.[H-].[Na+]. The van der Waals surface area contributed by atoms with E-state index in [4.69, 9.17) is 5.11 Å². The second kappa shape index (κ2) is 6.04. The van der Waals surface area contributed by atoms with Gasteiger partial charge in [0.1, 0.15) is 0 Å². The van der Waals surface area contributed by atoms with Crippen molar-refractivity contribution in [2.75, 3.05) is 0 Å². The third-order valence-corrected chi connectivity index (χ3v) is 2.48. The van der Waals surface area contributed by atoms with Crippen LogP contribution in [0, 0.1) is 5.41 Å². The van der Waals surface area contributed by atoms with Gasteiger partial charge in [-0.1, -0.05) is 20.8 Å². The van der Waals surface area contributed by atoms with E-state index < -0.39 is 11.4 Å². The number of carboxylic acids is 1. The Balaban J connectivity index is -0.000000405. The Morgan fingerprint density at radius 2 is 1.55 bits per heavy atom. The van der Waals surface area contributed by atoms with Gasteiger partial charge in [-0.15, -0.1) is 0 Å². The summed E-state index contributed by atoms with van der Waals surface area (Å²) in [5.74, 6) is -0.653. The van der Waals surface area contributed by atoms with Gasteiger partial charge < -0.3 is 6.53 Å². The van der Waals surface area contributed by atoms with Crippen molar-refractivity contribution >= 4 is 5.97 Å². The smallest absolute Gasteiger partial charge is 1.00 e. The molecule has 0 saturated carbocycles. The van der Waals surface area contributed by atoms with E-state index in [2.05, 4.69) is 0 Å².